The number of hydrogen-bond acceptors (Lipinski definition) is 2. The number of aliphatic hydroxyl groups is 1. The molecule has 0 fully saturated rings. The Balaban J connectivity index is 2.26. The van der Waals surface area contributed by atoms with Crippen LogP contribution >= 0.6 is 0 Å². The Labute approximate surface area is 103 Å². The number of halogens is 4. The van der Waals surface area contributed by atoms with Crippen molar-refractivity contribution in [2.45, 2.75) is 25.1 Å². The minimum Gasteiger partial charge on any atom is -0.387 e. The van der Waals surface area contributed by atoms with Crippen LogP contribution < -0.4 is 5.32 Å². The molecule has 2 N–H and O–H groups in total. The molecule has 1 aromatic rings. The van der Waals surface area contributed by atoms with Gasteiger partial charge in [0.2, 0.25) is 0 Å². The average Bonchev–Trinajstić information content (AvgIpc) is 2.27. The molecule has 0 saturated heterocycles. The van der Waals surface area contributed by atoms with Crippen LogP contribution in [0.25, 0.3) is 0 Å². The summed E-state index contributed by atoms with van der Waals surface area (Å²) < 4.78 is 48.7. The minimum absolute atomic E-state index is 0.0266. The van der Waals surface area contributed by atoms with Crippen molar-refractivity contribution in [2.24, 2.45) is 0 Å². The van der Waals surface area contributed by atoms with Crippen LogP contribution in [0.1, 0.15) is 24.5 Å². The highest BCUT2D eigenvalue weighted by Gasteiger charge is 2.25. The van der Waals surface area contributed by atoms with Gasteiger partial charge in [0.25, 0.3) is 0 Å². The molecule has 0 aliphatic carbocycles. The Morgan fingerprint density at radius 1 is 1.22 bits per heavy atom. The van der Waals surface area contributed by atoms with Crippen molar-refractivity contribution >= 4 is 0 Å². The quantitative estimate of drug-likeness (QED) is 0.612. The van der Waals surface area contributed by atoms with Crippen LogP contribution in [0.4, 0.5) is 17.6 Å². The lowest BCUT2D eigenvalue weighted by molar-refractivity contribution is -0.135. The molecule has 18 heavy (non-hydrogen) atoms. The van der Waals surface area contributed by atoms with E-state index in [1.54, 1.807) is 6.07 Å². The Hall–Kier alpha value is -1.14. The van der Waals surface area contributed by atoms with Crippen molar-refractivity contribution in [1.82, 2.24) is 5.32 Å². The summed E-state index contributed by atoms with van der Waals surface area (Å²) in [6, 6.07) is 5.76. The Kier molecular flexibility index (Phi) is 5.55. The number of rotatable bonds is 6. The molecule has 1 aromatic carbocycles. The number of nitrogens with one attached hydrogen (secondary N) is 1. The molecule has 0 heterocycles. The molecule has 1 rings (SSSR count). The molecule has 1 unspecified atom stereocenters. The predicted molar refractivity (Wildman–Crippen MR) is 59.5 cm³/mol. The lowest BCUT2D eigenvalue weighted by Crippen LogP contribution is -2.24. The molecule has 1 atom stereocenters. The van der Waals surface area contributed by atoms with Crippen LogP contribution in [-0.2, 0) is 0 Å². The van der Waals surface area contributed by atoms with Crippen molar-refractivity contribution in [1.29, 1.82) is 0 Å². The number of benzene rings is 1. The van der Waals surface area contributed by atoms with Crippen molar-refractivity contribution in [3.05, 3.63) is 35.6 Å². The van der Waals surface area contributed by atoms with Gasteiger partial charge in [0.1, 0.15) is 5.82 Å². The molecular formula is C12H15F4NO. The van der Waals surface area contributed by atoms with Crippen molar-refractivity contribution in [3.63, 3.8) is 0 Å². The zero-order chi connectivity index (χ0) is 13.6. The standard InChI is InChI=1S/C12H15F4NO/c13-10-5-2-1-4-9(10)11(18)8-17-7-3-6-12(14,15)16/h1-2,4-5,11,17-18H,3,6-8H2. The zero-order valence-corrected chi connectivity index (χ0v) is 9.67. The van der Waals surface area contributed by atoms with E-state index in [9.17, 15) is 22.7 Å². The van der Waals surface area contributed by atoms with Gasteiger partial charge in [-0.15, -0.1) is 0 Å². The van der Waals surface area contributed by atoms with Crippen molar-refractivity contribution < 1.29 is 22.7 Å². The molecule has 102 valence electrons. The highest BCUT2D eigenvalue weighted by molar-refractivity contribution is 5.19. The fourth-order valence-corrected chi connectivity index (χ4v) is 1.51. The third-order valence-corrected chi connectivity index (χ3v) is 2.42. The molecule has 0 aliphatic heterocycles. The molecule has 0 aliphatic rings. The lowest BCUT2D eigenvalue weighted by Gasteiger charge is -2.13. The SMILES string of the molecule is OC(CNCCCC(F)(F)F)c1ccccc1F. The number of hydrogen-bond donors (Lipinski definition) is 2. The van der Waals surface area contributed by atoms with E-state index in [1.807, 2.05) is 0 Å². The third kappa shape index (κ3) is 5.46. The first-order valence-electron chi connectivity index (χ1n) is 5.60. The summed E-state index contributed by atoms with van der Waals surface area (Å²) in [5.74, 6) is -0.526. The predicted octanol–water partition coefficient (Wildman–Crippen LogP) is 2.79. The molecular weight excluding hydrogens is 250 g/mol. The zero-order valence-electron chi connectivity index (χ0n) is 9.67. The van der Waals surface area contributed by atoms with Gasteiger partial charge in [-0.1, -0.05) is 18.2 Å². The van der Waals surface area contributed by atoms with Crippen LogP contribution in [0.5, 0.6) is 0 Å². The summed E-state index contributed by atoms with van der Waals surface area (Å²) in [6.45, 7) is 0.157. The molecule has 0 saturated carbocycles. The first-order valence-corrected chi connectivity index (χ1v) is 5.60. The molecule has 0 radical (unpaired) electrons. The fourth-order valence-electron chi connectivity index (χ4n) is 1.51. The molecule has 0 amide bonds. The van der Waals surface area contributed by atoms with E-state index in [0.29, 0.717) is 0 Å². The molecule has 2 nitrogen and oxygen atoms in total. The maximum atomic E-state index is 13.2. The van der Waals surface area contributed by atoms with Crippen molar-refractivity contribution in [2.75, 3.05) is 13.1 Å². The second-order valence-corrected chi connectivity index (χ2v) is 3.96. The van der Waals surface area contributed by atoms with Gasteiger partial charge in [-0.3, -0.25) is 0 Å². The first-order chi connectivity index (χ1) is 8.40. The summed E-state index contributed by atoms with van der Waals surface area (Å²) in [7, 11) is 0. The highest BCUT2D eigenvalue weighted by Crippen LogP contribution is 2.21. The maximum absolute atomic E-state index is 13.2. The third-order valence-electron chi connectivity index (χ3n) is 2.42. The monoisotopic (exact) mass is 265 g/mol. The summed E-state index contributed by atoms with van der Waals surface area (Å²) >= 11 is 0. The van der Waals surface area contributed by atoms with E-state index >= 15 is 0 Å². The summed E-state index contributed by atoms with van der Waals surface area (Å²) in [5, 5.41) is 12.3. The maximum Gasteiger partial charge on any atom is 0.389 e. The Morgan fingerprint density at radius 2 is 1.89 bits per heavy atom. The molecule has 0 bridgehead atoms. The topological polar surface area (TPSA) is 32.3 Å². The van der Waals surface area contributed by atoms with Gasteiger partial charge >= 0.3 is 6.18 Å². The van der Waals surface area contributed by atoms with Crippen LogP contribution in [0.15, 0.2) is 24.3 Å². The van der Waals surface area contributed by atoms with E-state index < -0.39 is 24.5 Å². The normalized spacial score (nSPS) is 13.6. The molecule has 6 heteroatoms. The minimum atomic E-state index is -4.16. The number of alkyl halides is 3. The molecule has 0 aromatic heterocycles. The van der Waals surface area contributed by atoms with Crippen LogP contribution in [-0.4, -0.2) is 24.4 Å². The average molecular weight is 265 g/mol. The largest absolute Gasteiger partial charge is 0.389 e. The Morgan fingerprint density at radius 3 is 2.50 bits per heavy atom. The number of aliphatic hydroxyl groups excluding tert-OH is 1. The van der Waals surface area contributed by atoms with E-state index in [-0.39, 0.29) is 25.1 Å². The molecule has 0 spiro atoms. The van der Waals surface area contributed by atoms with Gasteiger partial charge < -0.3 is 10.4 Å². The second kappa shape index (κ2) is 6.70. The summed E-state index contributed by atoms with van der Waals surface area (Å²) in [5.41, 5.74) is 0.140. The second-order valence-electron chi connectivity index (χ2n) is 3.96. The fraction of sp³-hybridized carbons (Fsp3) is 0.500. The van der Waals surface area contributed by atoms with Gasteiger partial charge in [-0.05, 0) is 19.0 Å². The van der Waals surface area contributed by atoms with Gasteiger partial charge in [0.05, 0.1) is 6.10 Å². The van der Waals surface area contributed by atoms with E-state index in [0.717, 1.165) is 0 Å². The van der Waals surface area contributed by atoms with Gasteiger partial charge in [0.15, 0.2) is 0 Å². The van der Waals surface area contributed by atoms with Gasteiger partial charge in [0, 0.05) is 18.5 Å². The Bertz CT molecular complexity index is 367. The summed E-state index contributed by atoms with van der Waals surface area (Å²) in [6.07, 6.45) is -6.15. The first kappa shape index (κ1) is 14.9. The smallest absolute Gasteiger partial charge is 0.387 e. The van der Waals surface area contributed by atoms with Gasteiger partial charge in [-0.2, -0.15) is 13.2 Å². The lowest BCUT2D eigenvalue weighted by atomic mass is 10.1. The van der Waals surface area contributed by atoms with E-state index in [2.05, 4.69) is 5.32 Å². The van der Waals surface area contributed by atoms with Crippen LogP contribution in [0.3, 0.4) is 0 Å². The van der Waals surface area contributed by atoms with Gasteiger partial charge in [-0.25, -0.2) is 4.39 Å². The van der Waals surface area contributed by atoms with Crippen LogP contribution in [0.2, 0.25) is 0 Å². The summed E-state index contributed by atoms with van der Waals surface area (Å²) in [4.78, 5) is 0. The van der Waals surface area contributed by atoms with Crippen molar-refractivity contribution in [3.8, 4) is 0 Å². The highest BCUT2D eigenvalue weighted by atomic mass is 19.4. The van der Waals surface area contributed by atoms with E-state index in [1.165, 1.54) is 18.2 Å². The van der Waals surface area contributed by atoms with Crippen LogP contribution in [0, 0.1) is 5.82 Å². The van der Waals surface area contributed by atoms with E-state index in [4.69, 9.17) is 0 Å².